The van der Waals surface area contributed by atoms with Gasteiger partial charge in [-0.2, -0.15) is 0 Å². The Morgan fingerprint density at radius 1 is 0.972 bits per heavy atom. The van der Waals surface area contributed by atoms with Crippen molar-refractivity contribution < 1.29 is 14.3 Å². The molecule has 0 saturated heterocycles. The monoisotopic (exact) mass is 478 g/mol. The van der Waals surface area contributed by atoms with Crippen LogP contribution in [0, 0.1) is 17.8 Å². The molecule has 5 heteroatoms. The van der Waals surface area contributed by atoms with E-state index in [0.29, 0.717) is 17.7 Å². The molecule has 4 fully saturated rings. The number of hydrogen-bond acceptors (Lipinski definition) is 3. The molecule has 0 spiro atoms. The van der Waals surface area contributed by atoms with E-state index in [4.69, 9.17) is 14.5 Å². The van der Waals surface area contributed by atoms with Crippen molar-refractivity contribution in [1.82, 2.24) is 4.57 Å². The smallest absolute Gasteiger partial charge is 0.371 e. The Morgan fingerprint density at radius 3 is 2.33 bits per heavy atom. The average molecular weight is 479 g/mol. The van der Waals surface area contributed by atoms with Crippen LogP contribution in [0.5, 0.6) is 0 Å². The molecule has 4 saturated carbocycles. The summed E-state index contributed by atoms with van der Waals surface area (Å²) in [4.78, 5) is 16.0. The third-order valence-corrected chi connectivity index (χ3v) is 8.89. The summed E-state index contributed by atoms with van der Waals surface area (Å²) in [6, 6.07) is 20.4. The molecule has 5 nitrogen and oxygen atoms in total. The Hall–Kier alpha value is -3.60. The Bertz CT molecular complexity index is 1440. The minimum absolute atomic E-state index is 0.0414. The molecule has 4 aliphatic rings. The molecule has 36 heavy (non-hydrogen) atoms. The number of aromatic nitrogens is 1. The van der Waals surface area contributed by atoms with Gasteiger partial charge >= 0.3 is 5.97 Å². The number of rotatable bonds is 6. The Kier molecular flexibility index (Phi) is 4.95. The second kappa shape index (κ2) is 8.22. The summed E-state index contributed by atoms with van der Waals surface area (Å²) in [5.41, 5.74) is 5.00. The van der Waals surface area contributed by atoms with Gasteiger partial charge in [0.05, 0.1) is 12.2 Å². The molecule has 0 radical (unpaired) electrons. The van der Waals surface area contributed by atoms with Crippen molar-refractivity contribution in [3.63, 3.8) is 0 Å². The van der Waals surface area contributed by atoms with Gasteiger partial charge in [-0.05, 0) is 97.6 Å². The number of nitrogens with zero attached hydrogens (tertiary/aromatic N) is 2. The van der Waals surface area contributed by atoms with Crippen LogP contribution in [-0.4, -0.2) is 21.9 Å². The number of carboxylic acid groups (broad SMARTS) is 1. The number of para-hydroxylation sites is 1. The quantitative estimate of drug-likeness (QED) is 0.298. The zero-order valence-corrected chi connectivity index (χ0v) is 20.3. The molecule has 4 bridgehead atoms. The first-order valence-corrected chi connectivity index (χ1v) is 13.1. The minimum atomic E-state index is -1.05. The highest BCUT2D eigenvalue weighted by Crippen LogP contribution is 2.60. The largest absolute Gasteiger partial charge is 0.475 e. The lowest BCUT2D eigenvalue weighted by atomic mass is 9.48. The summed E-state index contributed by atoms with van der Waals surface area (Å²) >= 11 is 0. The lowest BCUT2D eigenvalue weighted by molar-refractivity contribution is -0.00518. The number of aliphatic imine (C=N–C) groups is 1. The SMILES string of the molecule is O=C(O)c1ccc(Cn2cc(C=Nc3ccc(C45CC6CC(CC(C6)C4)C5)cc3)c3ccccc32)o1. The molecule has 0 unspecified atom stereocenters. The molecular formula is C31H30N2O3. The topological polar surface area (TPSA) is 67.7 Å². The van der Waals surface area contributed by atoms with E-state index in [-0.39, 0.29) is 5.76 Å². The van der Waals surface area contributed by atoms with Crippen molar-refractivity contribution >= 4 is 28.8 Å². The van der Waals surface area contributed by atoms with Crippen LogP contribution in [0.15, 0.2) is 76.3 Å². The lowest BCUT2D eigenvalue weighted by Gasteiger charge is -2.57. The maximum atomic E-state index is 11.2. The van der Waals surface area contributed by atoms with Crippen LogP contribution in [-0.2, 0) is 12.0 Å². The number of hydrogen-bond donors (Lipinski definition) is 1. The molecule has 2 aromatic heterocycles. The van der Waals surface area contributed by atoms with E-state index in [0.717, 1.165) is 39.9 Å². The van der Waals surface area contributed by atoms with Gasteiger partial charge in [0, 0.05) is 28.9 Å². The first-order chi connectivity index (χ1) is 17.5. The van der Waals surface area contributed by atoms with E-state index in [1.807, 2.05) is 18.3 Å². The molecular weight excluding hydrogens is 448 g/mol. The van der Waals surface area contributed by atoms with Crippen LogP contribution in [0.4, 0.5) is 5.69 Å². The predicted octanol–water partition coefficient (Wildman–Crippen LogP) is 7.20. The van der Waals surface area contributed by atoms with Gasteiger partial charge < -0.3 is 14.1 Å². The number of carboxylic acids is 1. The highest BCUT2D eigenvalue weighted by atomic mass is 16.4. The lowest BCUT2D eigenvalue weighted by Crippen LogP contribution is -2.48. The van der Waals surface area contributed by atoms with Crippen molar-refractivity contribution in [3.8, 4) is 0 Å². The van der Waals surface area contributed by atoms with Gasteiger partial charge in [0.2, 0.25) is 5.76 Å². The summed E-state index contributed by atoms with van der Waals surface area (Å²) < 4.78 is 7.56. The van der Waals surface area contributed by atoms with E-state index in [2.05, 4.69) is 47.2 Å². The molecule has 1 N–H and O–H groups in total. The highest BCUT2D eigenvalue weighted by molar-refractivity contribution is 6.00. The maximum absolute atomic E-state index is 11.2. The van der Waals surface area contributed by atoms with Crippen molar-refractivity contribution in [2.24, 2.45) is 22.7 Å². The van der Waals surface area contributed by atoms with Crippen molar-refractivity contribution in [3.05, 3.63) is 89.5 Å². The van der Waals surface area contributed by atoms with Gasteiger partial charge in [0.25, 0.3) is 0 Å². The fourth-order valence-electron chi connectivity index (χ4n) is 7.76. The number of furan rings is 1. The Balaban J connectivity index is 1.14. The fourth-order valence-corrected chi connectivity index (χ4v) is 7.76. The van der Waals surface area contributed by atoms with Crippen LogP contribution < -0.4 is 0 Å². The van der Waals surface area contributed by atoms with Gasteiger partial charge in [-0.15, -0.1) is 0 Å². The second-order valence-electron chi connectivity index (χ2n) is 11.3. The molecule has 182 valence electrons. The van der Waals surface area contributed by atoms with Gasteiger partial charge in [-0.25, -0.2) is 4.79 Å². The molecule has 4 aromatic rings. The third kappa shape index (κ3) is 3.69. The van der Waals surface area contributed by atoms with E-state index in [1.165, 1.54) is 50.2 Å². The second-order valence-corrected chi connectivity index (χ2v) is 11.3. The van der Waals surface area contributed by atoms with Gasteiger partial charge in [0.1, 0.15) is 5.76 Å². The molecule has 0 aliphatic heterocycles. The van der Waals surface area contributed by atoms with Crippen LogP contribution in [0.3, 0.4) is 0 Å². The van der Waals surface area contributed by atoms with Crippen molar-refractivity contribution in [1.29, 1.82) is 0 Å². The molecule has 8 rings (SSSR count). The zero-order valence-electron chi connectivity index (χ0n) is 20.3. The highest BCUT2D eigenvalue weighted by Gasteiger charge is 2.51. The summed E-state index contributed by atoms with van der Waals surface area (Å²) in [5.74, 6) is 2.35. The van der Waals surface area contributed by atoms with Gasteiger partial charge in [0.15, 0.2) is 0 Å². The van der Waals surface area contributed by atoms with E-state index in [9.17, 15) is 4.79 Å². The molecule has 0 atom stereocenters. The van der Waals surface area contributed by atoms with Crippen LogP contribution >= 0.6 is 0 Å². The summed E-state index contributed by atoms with van der Waals surface area (Å²) in [6.45, 7) is 0.460. The van der Waals surface area contributed by atoms with Gasteiger partial charge in [-0.1, -0.05) is 30.3 Å². The Labute approximate surface area is 210 Å². The Morgan fingerprint density at radius 2 is 1.67 bits per heavy atom. The van der Waals surface area contributed by atoms with Gasteiger partial charge in [-0.3, -0.25) is 4.99 Å². The van der Waals surface area contributed by atoms with Crippen LogP contribution in [0.25, 0.3) is 10.9 Å². The molecule has 2 aromatic carbocycles. The number of carbonyl (C=O) groups is 1. The molecule has 4 aliphatic carbocycles. The first kappa shape index (κ1) is 21.7. The van der Waals surface area contributed by atoms with E-state index < -0.39 is 5.97 Å². The zero-order chi connectivity index (χ0) is 24.3. The first-order valence-electron chi connectivity index (χ1n) is 13.1. The van der Waals surface area contributed by atoms with Crippen molar-refractivity contribution in [2.45, 2.75) is 50.5 Å². The third-order valence-electron chi connectivity index (χ3n) is 8.89. The van der Waals surface area contributed by atoms with Crippen molar-refractivity contribution in [2.75, 3.05) is 0 Å². The summed E-state index contributed by atoms with van der Waals surface area (Å²) in [7, 11) is 0. The fraction of sp³-hybridized carbons (Fsp3) is 0.355. The maximum Gasteiger partial charge on any atom is 0.371 e. The summed E-state index contributed by atoms with van der Waals surface area (Å²) in [6.07, 6.45) is 12.5. The van der Waals surface area contributed by atoms with Crippen LogP contribution in [0.1, 0.15) is 66.0 Å². The summed E-state index contributed by atoms with van der Waals surface area (Å²) in [5, 5.41) is 10.3. The number of fused-ring (bicyclic) bond motifs is 1. The minimum Gasteiger partial charge on any atom is -0.475 e. The van der Waals surface area contributed by atoms with E-state index in [1.54, 1.807) is 6.07 Å². The van der Waals surface area contributed by atoms with E-state index >= 15 is 0 Å². The molecule has 0 amide bonds. The average Bonchev–Trinajstić information content (AvgIpc) is 3.48. The number of aromatic carboxylic acids is 1. The standard InChI is InChI=1S/C31H30N2O3/c34-30(35)29-10-9-26(36-29)19-33-18-23(27-3-1-2-4-28(27)33)17-32-25-7-5-24(6-8-25)31-14-20-11-21(15-31)13-22(12-20)16-31/h1-10,17-18,20-22H,11-16,19H2,(H,34,35). The molecule has 2 heterocycles. The van der Waals surface area contributed by atoms with Crippen LogP contribution in [0.2, 0.25) is 0 Å². The number of benzene rings is 2. The normalized spacial score (nSPS) is 26.8. The predicted molar refractivity (Wildman–Crippen MR) is 140 cm³/mol.